The molecule has 19 heavy (non-hydrogen) atoms. The Kier molecular flexibility index (Phi) is 4.20. The molecule has 2 atom stereocenters. The maximum atomic E-state index is 12.4. The van der Waals surface area contributed by atoms with E-state index in [4.69, 9.17) is 5.11 Å². The smallest absolute Gasteiger partial charge is 0.308 e. The normalized spacial score (nSPS) is 20.9. The summed E-state index contributed by atoms with van der Waals surface area (Å²) >= 11 is 0. The third-order valence-electron chi connectivity index (χ3n) is 3.75. The number of carbonyl (C=O) groups excluding carboxylic acids is 1. The molecule has 1 aliphatic rings. The van der Waals surface area contributed by atoms with Crippen molar-refractivity contribution in [3.8, 4) is 0 Å². The SMILES string of the molecule is C[C@@H](C(=O)N1CCCC(C(=O)O)C1)c1ccccc1. The molecular formula is C15H19NO3. The number of hydrogen-bond donors (Lipinski definition) is 1. The number of hydrogen-bond acceptors (Lipinski definition) is 2. The standard InChI is InChI=1S/C15H19NO3/c1-11(12-6-3-2-4-7-12)14(17)16-9-5-8-13(10-16)15(18)19/h2-4,6-7,11,13H,5,8-10H2,1H3,(H,18,19)/t11-,13?/m1/s1. The van der Waals surface area contributed by atoms with Gasteiger partial charge in [-0.05, 0) is 25.3 Å². The molecule has 102 valence electrons. The summed E-state index contributed by atoms with van der Waals surface area (Å²) in [4.78, 5) is 25.1. The first kappa shape index (κ1) is 13.6. The van der Waals surface area contributed by atoms with Gasteiger partial charge < -0.3 is 10.0 Å². The molecule has 1 unspecified atom stereocenters. The van der Waals surface area contributed by atoms with Crippen molar-refractivity contribution >= 4 is 11.9 Å². The van der Waals surface area contributed by atoms with E-state index >= 15 is 0 Å². The molecule has 0 radical (unpaired) electrons. The largest absolute Gasteiger partial charge is 0.481 e. The molecule has 4 nitrogen and oxygen atoms in total. The average molecular weight is 261 g/mol. The van der Waals surface area contributed by atoms with Crippen molar-refractivity contribution < 1.29 is 14.7 Å². The molecule has 1 amide bonds. The number of carboxylic acid groups (broad SMARTS) is 1. The van der Waals surface area contributed by atoms with Crippen LogP contribution in [0.25, 0.3) is 0 Å². The van der Waals surface area contributed by atoms with Crippen LogP contribution in [-0.4, -0.2) is 35.0 Å². The summed E-state index contributed by atoms with van der Waals surface area (Å²) in [6, 6.07) is 9.61. The van der Waals surface area contributed by atoms with Crippen LogP contribution in [0.3, 0.4) is 0 Å². The Morgan fingerprint density at radius 1 is 1.32 bits per heavy atom. The van der Waals surface area contributed by atoms with Gasteiger partial charge in [0.15, 0.2) is 0 Å². The Morgan fingerprint density at radius 3 is 2.63 bits per heavy atom. The van der Waals surface area contributed by atoms with E-state index in [0.29, 0.717) is 19.5 Å². The zero-order valence-corrected chi connectivity index (χ0v) is 11.1. The monoisotopic (exact) mass is 261 g/mol. The van der Waals surface area contributed by atoms with E-state index in [1.807, 2.05) is 37.3 Å². The maximum absolute atomic E-state index is 12.4. The van der Waals surface area contributed by atoms with Crippen LogP contribution >= 0.6 is 0 Å². The summed E-state index contributed by atoms with van der Waals surface area (Å²) in [6.45, 7) is 2.88. The molecule has 4 heteroatoms. The van der Waals surface area contributed by atoms with Crippen LogP contribution in [-0.2, 0) is 9.59 Å². The highest BCUT2D eigenvalue weighted by Crippen LogP contribution is 2.22. The zero-order chi connectivity index (χ0) is 13.8. The van der Waals surface area contributed by atoms with E-state index in [1.165, 1.54) is 0 Å². The van der Waals surface area contributed by atoms with Gasteiger partial charge in [0.05, 0.1) is 11.8 Å². The van der Waals surface area contributed by atoms with Gasteiger partial charge in [-0.25, -0.2) is 0 Å². The maximum Gasteiger partial charge on any atom is 0.308 e. The van der Waals surface area contributed by atoms with E-state index in [-0.39, 0.29) is 11.8 Å². The molecule has 0 aromatic heterocycles. The lowest BCUT2D eigenvalue weighted by Gasteiger charge is -2.32. The Balaban J connectivity index is 2.05. The Bertz CT molecular complexity index is 458. The molecule has 1 aromatic carbocycles. The fourth-order valence-electron chi connectivity index (χ4n) is 2.54. The highest BCUT2D eigenvalue weighted by atomic mass is 16.4. The second-order valence-electron chi connectivity index (χ2n) is 5.09. The minimum atomic E-state index is -0.801. The zero-order valence-electron chi connectivity index (χ0n) is 11.1. The van der Waals surface area contributed by atoms with Crippen molar-refractivity contribution in [2.24, 2.45) is 5.92 Å². The molecule has 2 rings (SSSR count). The van der Waals surface area contributed by atoms with E-state index in [1.54, 1.807) is 4.90 Å². The van der Waals surface area contributed by atoms with Crippen molar-refractivity contribution in [2.75, 3.05) is 13.1 Å². The van der Waals surface area contributed by atoms with Gasteiger partial charge in [-0.3, -0.25) is 9.59 Å². The number of nitrogens with zero attached hydrogens (tertiary/aromatic N) is 1. The van der Waals surface area contributed by atoms with Crippen molar-refractivity contribution in [3.05, 3.63) is 35.9 Å². The molecule has 0 aliphatic carbocycles. The summed E-state index contributed by atoms with van der Waals surface area (Å²) in [7, 11) is 0. The fourth-order valence-corrected chi connectivity index (χ4v) is 2.54. The van der Waals surface area contributed by atoms with Gasteiger partial charge >= 0.3 is 5.97 Å². The highest BCUT2D eigenvalue weighted by molar-refractivity contribution is 5.84. The summed E-state index contributed by atoms with van der Waals surface area (Å²) in [6.07, 6.45) is 1.43. The first-order chi connectivity index (χ1) is 9.09. The number of likely N-dealkylation sites (tertiary alicyclic amines) is 1. The van der Waals surface area contributed by atoms with Crippen molar-refractivity contribution in [3.63, 3.8) is 0 Å². The lowest BCUT2D eigenvalue weighted by molar-refractivity contribution is -0.146. The Morgan fingerprint density at radius 2 is 2.00 bits per heavy atom. The van der Waals surface area contributed by atoms with Gasteiger partial charge in [-0.2, -0.15) is 0 Å². The number of aliphatic carboxylic acids is 1. The molecule has 0 saturated carbocycles. The third-order valence-corrected chi connectivity index (χ3v) is 3.75. The number of rotatable bonds is 3. The van der Waals surface area contributed by atoms with E-state index < -0.39 is 11.9 Å². The number of amides is 1. The molecule has 1 saturated heterocycles. The van der Waals surface area contributed by atoms with E-state index in [9.17, 15) is 9.59 Å². The van der Waals surface area contributed by atoms with Crippen LogP contribution in [0.2, 0.25) is 0 Å². The molecule has 0 spiro atoms. The minimum Gasteiger partial charge on any atom is -0.481 e. The highest BCUT2D eigenvalue weighted by Gasteiger charge is 2.30. The summed E-state index contributed by atoms with van der Waals surface area (Å²) in [5, 5.41) is 9.06. The Labute approximate surface area is 113 Å². The first-order valence-electron chi connectivity index (χ1n) is 6.66. The molecule has 0 bridgehead atoms. The van der Waals surface area contributed by atoms with Gasteiger partial charge in [-0.1, -0.05) is 30.3 Å². The second kappa shape index (κ2) is 5.87. The fraction of sp³-hybridized carbons (Fsp3) is 0.467. The predicted molar refractivity (Wildman–Crippen MR) is 71.8 cm³/mol. The van der Waals surface area contributed by atoms with Crippen molar-refractivity contribution in [1.29, 1.82) is 0 Å². The van der Waals surface area contributed by atoms with Crippen LogP contribution in [0, 0.1) is 5.92 Å². The van der Waals surface area contributed by atoms with Gasteiger partial charge in [0.25, 0.3) is 0 Å². The van der Waals surface area contributed by atoms with Crippen LogP contribution in [0.5, 0.6) is 0 Å². The van der Waals surface area contributed by atoms with Gasteiger partial charge in [-0.15, -0.1) is 0 Å². The summed E-state index contributed by atoms with van der Waals surface area (Å²) in [5.41, 5.74) is 0.977. The van der Waals surface area contributed by atoms with Gasteiger partial charge in [0.1, 0.15) is 0 Å². The van der Waals surface area contributed by atoms with Gasteiger partial charge in [0, 0.05) is 13.1 Å². The topological polar surface area (TPSA) is 57.6 Å². The van der Waals surface area contributed by atoms with Crippen LogP contribution < -0.4 is 0 Å². The van der Waals surface area contributed by atoms with Crippen molar-refractivity contribution in [2.45, 2.75) is 25.7 Å². The number of carbonyl (C=O) groups is 2. The third kappa shape index (κ3) is 3.13. The van der Waals surface area contributed by atoms with Gasteiger partial charge in [0.2, 0.25) is 5.91 Å². The molecule has 1 aliphatic heterocycles. The minimum absolute atomic E-state index is 0.0251. The lowest BCUT2D eigenvalue weighted by Crippen LogP contribution is -2.43. The quantitative estimate of drug-likeness (QED) is 0.906. The Hall–Kier alpha value is -1.84. The van der Waals surface area contributed by atoms with Crippen LogP contribution in [0.15, 0.2) is 30.3 Å². The molecule has 1 heterocycles. The first-order valence-corrected chi connectivity index (χ1v) is 6.66. The summed E-state index contributed by atoms with van der Waals surface area (Å²) in [5.74, 6) is -1.41. The molecule has 1 fully saturated rings. The molecule has 1 N–H and O–H groups in total. The second-order valence-corrected chi connectivity index (χ2v) is 5.09. The lowest BCUT2D eigenvalue weighted by atomic mass is 9.94. The summed E-state index contributed by atoms with van der Waals surface area (Å²) < 4.78 is 0. The van der Waals surface area contributed by atoms with E-state index in [2.05, 4.69) is 0 Å². The number of benzene rings is 1. The molecule has 1 aromatic rings. The van der Waals surface area contributed by atoms with Crippen molar-refractivity contribution in [1.82, 2.24) is 4.90 Å². The van der Waals surface area contributed by atoms with Crippen LogP contribution in [0.4, 0.5) is 0 Å². The van der Waals surface area contributed by atoms with E-state index in [0.717, 1.165) is 12.0 Å². The average Bonchev–Trinajstić information content (AvgIpc) is 2.46. The number of carboxylic acids is 1. The molecular weight excluding hydrogens is 242 g/mol. The van der Waals surface area contributed by atoms with Crippen LogP contribution in [0.1, 0.15) is 31.2 Å². The number of piperidine rings is 1. The predicted octanol–water partition coefficient (Wildman–Crippen LogP) is 2.11.